The van der Waals surface area contributed by atoms with E-state index >= 15 is 0 Å². The Kier molecular flexibility index (Phi) is 4.33. The van der Waals surface area contributed by atoms with Crippen LogP contribution in [0.25, 0.3) is 0 Å². The molecule has 1 aromatic heterocycles. The second kappa shape index (κ2) is 5.31. The van der Waals surface area contributed by atoms with Crippen LogP contribution in [0, 0.1) is 0 Å². The van der Waals surface area contributed by atoms with E-state index in [1.54, 1.807) is 0 Å². The van der Waals surface area contributed by atoms with Crippen LogP contribution in [0.5, 0.6) is 0 Å². The van der Waals surface area contributed by atoms with E-state index in [0.29, 0.717) is 6.54 Å². The van der Waals surface area contributed by atoms with Gasteiger partial charge in [0.05, 0.1) is 12.1 Å². The largest absolute Gasteiger partial charge is 0.388 e. The lowest BCUT2D eigenvalue weighted by atomic mass is 9.97. The first-order valence-electron chi connectivity index (χ1n) is 5.87. The van der Waals surface area contributed by atoms with Crippen molar-refractivity contribution in [3.8, 4) is 0 Å². The van der Waals surface area contributed by atoms with Crippen molar-refractivity contribution in [1.82, 2.24) is 9.55 Å². The summed E-state index contributed by atoms with van der Waals surface area (Å²) in [7, 11) is 0. The average Bonchev–Trinajstić information content (AvgIpc) is 2.66. The third-order valence-electron chi connectivity index (χ3n) is 3.06. The van der Waals surface area contributed by atoms with Gasteiger partial charge in [-0.05, 0) is 19.3 Å². The van der Waals surface area contributed by atoms with E-state index in [0.717, 1.165) is 31.5 Å². The first-order chi connectivity index (χ1) is 7.15. The van der Waals surface area contributed by atoms with Crippen LogP contribution < -0.4 is 0 Å². The van der Waals surface area contributed by atoms with Crippen LogP contribution in [-0.4, -0.2) is 20.3 Å². The van der Waals surface area contributed by atoms with Gasteiger partial charge < -0.3 is 9.67 Å². The van der Waals surface area contributed by atoms with Crippen LogP contribution in [0.15, 0.2) is 12.4 Å². The average molecular weight is 210 g/mol. The van der Waals surface area contributed by atoms with Crippen LogP contribution in [0.1, 0.15) is 45.9 Å². The fourth-order valence-corrected chi connectivity index (χ4v) is 1.73. The van der Waals surface area contributed by atoms with E-state index in [1.807, 2.05) is 26.2 Å². The zero-order valence-corrected chi connectivity index (χ0v) is 10.0. The van der Waals surface area contributed by atoms with E-state index in [9.17, 15) is 5.11 Å². The molecule has 86 valence electrons. The van der Waals surface area contributed by atoms with Crippen molar-refractivity contribution in [1.29, 1.82) is 0 Å². The molecule has 0 aromatic carbocycles. The molecule has 0 radical (unpaired) electrons. The topological polar surface area (TPSA) is 38.0 Å². The molecular weight excluding hydrogens is 188 g/mol. The van der Waals surface area contributed by atoms with Crippen LogP contribution in [0.2, 0.25) is 0 Å². The second-order valence-electron chi connectivity index (χ2n) is 4.15. The smallest absolute Gasteiger partial charge is 0.108 e. The summed E-state index contributed by atoms with van der Waals surface area (Å²) in [4.78, 5) is 4.31. The number of hydrogen-bond acceptors (Lipinski definition) is 2. The Bertz CT molecular complexity index is 290. The van der Waals surface area contributed by atoms with Crippen molar-refractivity contribution in [3.63, 3.8) is 0 Å². The predicted octanol–water partition coefficient (Wildman–Crippen LogP) is 2.39. The van der Waals surface area contributed by atoms with E-state index in [-0.39, 0.29) is 0 Å². The highest BCUT2D eigenvalue weighted by atomic mass is 16.3. The predicted molar refractivity (Wildman–Crippen MR) is 61.8 cm³/mol. The van der Waals surface area contributed by atoms with Gasteiger partial charge in [-0.3, -0.25) is 0 Å². The number of aliphatic hydroxyl groups is 1. The number of aryl methyl sites for hydroxylation is 1. The van der Waals surface area contributed by atoms with Gasteiger partial charge in [-0.15, -0.1) is 0 Å². The summed E-state index contributed by atoms with van der Waals surface area (Å²) in [6, 6.07) is 0. The van der Waals surface area contributed by atoms with Crippen LogP contribution in [0.3, 0.4) is 0 Å². The van der Waals surface area contributed by atoms with Crippen molar-refractivity contribution in [2.75, 3.05) is 0 Å². The Hall–Kier alpha value is -0.830. The van der Waals surface area contributed by atoms with Gasteiger partial charge in [-0.1, -0.05) is 20.8 Å². The molecule has 0 amide bonds. The molecule has 15 heavy (non-hydrogen) atoms. The molecule has 1 rings (SSSR count). The number of hydrogen-bond donors (Lipinski definition) is 1. The molecule has 3 heteroatoms. The normalized spacial score (nSPS) is 12.0. The maximum atomic E-state index is 10.2. The van der Waals surface area contributed by atoms with Gasteiger partial charge in [0.25, 0.3) is 0 Å². The summed E-state index contributed by atoms with van der Waals surface area (Å²) >= 11 is 0. The maximum absolute atomic E-state index is 10.2. The van der Waals surface area contributed by atoms with E-state index in [4.69, 9.17) is 0 Å². The Balaban J connectivity index is 2.74. The van der Waals surface area contributed by atoms with Gasteiger partial charge in [0, 0.05) is 18.8 Å². The zero-order chi connectivity index (χ0) is 11.3. The minimum atomic E-state index is -0.580. The molecule has 0 atom stereocenters. The molecule has 0 spiro atoms. The van der Waals surface area contributed by atoms with Crippen LogP contribution >= 0.6 is 0 Å². The van der Waals surface area contributed by atoms with Crippen molar-refractivity contribution >= 4 is 0 Å². The fraction of sp³-hybridized carbons (Fsp3) is 0.750. The second-order valence-corrected chi connectivity index (χ2v) is 4.15. The number of aromatic nitrogens is 2. The summed E-state index contributed by atoms with van der Waals surface area (Å²) < 4.78 is 2.08. The molecule has 0 unspecified atom stereocenters. The van der Waals surface area contributed by atoms with Crippen LogP contribution in [-0.2, 0) is 13.0 Å². The lowest BCUT2D eigenvalue weighted by Gasteiger charge is -2.26. The number of rotatable bonds is 6. The highest BCUT2D eigenvalue weighted by Crippen LogP contribution is 2.18. The lowest BCUT2D eigenvalue weighted by molar-refractivity contribution is 0.0143. The Morgan fingerprint density at radius 2 is 2.00 bits per heavy atom. The van der Waals surface area contributed by atoms with Crippen LogP contribution in [0.4, 0.5) is 0 Å². The first-order valence-corrected chi connectivity index (χ1v) is 5.87. The Morgan fingerprint density at radius 1 is 1.33 bits per heavy atom. The van der Waals surface area contributed by atoms with Gasteiger partial charge in [0.1, 0.15) is 5.82 Å². The summed E-state index contributed by atoms with van der Waals surface area (Å²) in [6.45, 7) is 6.86. The summed E-state index contributed by atoms with van der Waals surface area (Å²) in [5.41, 5.74) is -0.580. The molecule has 0 saturated carbocycles. The molecule has 0 saturated heterocycles. The summed E-state index contributed by atoms with van der Waals surface area (Å²) in [5.74, 6) is 1.08. The van der Waals surface area contributed by atoms with Gasteiger partial charge in [-0.2, -0.15) is 0 Å². The molecule has 0 fully saturated rings. The molecular formula is C12H22N2O. The minimum Gasteiger partial charge on any atom is -0.388 e. The number of nitrogens with zero attached hydrogens (tertiary/aromatic N) is 2. The highest BCUT2D eigenvalue weighted by Gasteiger charge is 2.23. The SMILES string of the molecule is CCCc1nccn1CC(O)(CC)CC. The summed E-state index contributed by atoms with van der Waals surface area (Å²) in [6.07, 6.45) is 7.42. The number of imidazole rings is 1. The lowest BCUT2D eigenvalue weighted by Crippen LogP contribution is -2.33. The Morgan fingerprint density at radius 3 is 2.53 bits per heavy atom. The van der Waals surface area contributed by atoms with Crippen molar-refractivity contribution in [3.05, 3.63) is 18.2 Å². The van der Waals surface area contributed by atoms with Gasteiger partial charge >= 0.3 is 0 Å². The van der Waals surface area contributed by atoms with E-state index in [2.05, 4.69) is 16.5 Å². The molecule has 1 N–H and O–H groups in total. The molecule has 1 heterocycles. The van der Waals surface area contributed by atoms with Crippen molar-refractivity contribution in [2.24, 2.45) is 0 Å². The standard InChI is InChI=1S/C12H22N2O/c1-4-7-11-13-8-9-14(11)10-12(15,5-2)6-3/h8-9,15H,4-7,10H2,1-3H3. The van der Waals surface area contributed by atoms with Gasteiger partial charge in [0.15, 0.2) is 0 Å². The molecule has 0 aliphatic carbocycles. The maximum Gasteiger partial charge on any atom is 0.108 e. The molecule has 0 aliphatic heterocycles. The first kappa shape index (κ1) is 12.2. The van der Waals surface area contributed by atoms with Gasteiger partial charge in [0.2, 0.25) is 0 Å². The van der Waals surface area contributed by atoms with Gasteiger partial charge in [-0.25, -0.2) is 4.98 Å². The van der Waals surface area contributed by atoms with Crippen molar-refractivity contribution < 1.29 is 5.11 Å². The third-order valence-corrected chi connectivity index (χ3v) is 3.06. The quantitative estimate of drug-likeness (QED) is 0.783. The highest BCUT2D eigenvalue weighted by molar-refractivity contribution is 4.94. The monoisotopic (exact) mass is 210 g/mol. The molecule has 3 nitrogen and oxygen atoms in total. The fourth-order valence-electron chi connectivity index (χ4n) is 1.73. The van der Waals surface area contributed by atoms with E-state index < -0.39 is 5.60 Å². The molecule has 1 aromatic rings. The van der Waals surface area contributed by atoms with E-state index in [1.165, 1.54) is 0 Å². The van der Waals surface area contributed by atoms with Crippen molar-refractivity contribution in [2.45, 2.75) is 58.6 Å². The Labute approximate surface area is 92.1 Å². The summed E-state index contributed by atoms with van der Waals surface area (Å²) in [5, 5.41) is 10.2. The minimum absolute atomic E-state index is 0.580. The zero-order valence-electron chi connectivity index (χ0n) is 10.0. The molecule has 0 aliphatic rings. The molecule has 0 bridgehead atoms. The third kappa shape index (κ3) is 3.06.